The van der Waals surface area contributed by atoms with Crippen LogP contribution in [0.25, 0.3) is 0 Å². The first-order valence-corrected chi connectivity index (χ1v) is 10.5. The van der Waals surface area contributed by atoms with Crippen LogP contribution in [-0.2, 0) is 20.0 Å². The number of hydrogen-bond acceptors (Lipinski definition) is 6. The molecule has 1 heterocycles. The molecule has 0 spiro atoms. The molecule has 136 valence electrons. The molecule has 0 saturated heterocycles. The fraction of sp³-hybridized carbons (Fsp3) is 0.214. The lowest BCUT2D eigenvalue weighted by atomic mass is 10.3. The lowest BCUT2D eigenvalue weighted by Gasteiger charge is -2.13. The number of methoxy groups -OCH3 is 1. The van der Waals surface area contributed by atoms with Gasteiger partial charge in [0.15, 0.2) is 0 Å². The van der Waals surface area contributed by atoms with Gasteiger partial charge in [-0.1, -0.05) is 11.6 Å². The van der Waals surface area contributed by atoms with E-state index in [2.05, 4.69) is 14.4 Å². The zero-order valence-electron chi connectivity index (χ0n) is 13.4. The van der Waals surface area contributed by atoms with Gasteiger partial charge in [0.05, 0.1) is 24.2 Å². The van der Waals surface area contributed by atoms with Gasteiger partial charge in [0.25, 0.3) is 10.0 Å². The lowest BCUT2D eigenvalue weighted by molar-refractivity contribution is 0.403. The van der Waals surface area contributed by atoms with Gasteiger partial charge in [0, 0.05) is 12.3 Å². The highest BCUT2D eigenvalue weighted by molar-refractivity contribution is 7.93. The van der Waals surface area contributed by atoms with Crippen molar-refractivity contribution in [1.82, 2.24) is 4.98 Å². The van der Waals surface area contributed by atoms with E-state index in [0.717, 1.165) is 0 Å². The second kappa shape index (κ2) is 7.46. The number of hydrogen-bond donors (Lipinski definition) is 2. The first-order valence-electron chi connectivity index (χ1n) is 7.00. The van der Waals surface area contributed by atoms with Crippen LogP contribution in [0.3, 0.4) is 0 Å². The van der Waals surface area contributed by atoms with Gasteiger partial charge in [-0.25, -0.2) is 21.8 Å². The molecular weight excluding hydrogens is 390 g/mol. The van der Waals surface area contributed by atoms with E-state index < -0.39 is 20.0 Å². The Labute approximate surface area is 151 Å². The summed E-state index contributed by atoms with van der Waals surface area (Å²) < 4.78 is 58.1. The number of aromatic nitrogens is 1. The van der Waals surface area contributed by atoms with Gasteiger partial charge in [-0.2, -0.15) is 0 Å². The summed E-state index contributed by atoms with van der Waals surface area (Å²) in [5, 5.41) is 0.136. The molecule has 0 atom stereocenters. The number of nitrogens with one attached hydrogen (secondary N) is 2. The molecule has 0 aliphatic carbocycles. The Balaban J connectivity index is 2.37. The predicted octanol–water partition coefficient (Wildman–Crippen LogP) is 2.31. The van der Waals surface area contributed by atoms with Crippen LogP contribution < -0.4 is 14.2 Å². The normalized spacial score (nSPS) is 11.8. The summed E-state index contributed by atoms with van der Waals surface area (Å²) in [5.74, 6) is -0.122. The molecule has 0 fully saturated rings. The number of ether oxygens (including phenoxy) is 1. The minimum absolute atomic E-state index is 0.0102. The molecule has 0 radical (unpaired) electrons. The van der Waals surface area contributed by atoms with Crippen LogP contribution in [0.2, 0.25) is 5.15 Å². The van der Waals surface area contributed by atoms with Crippen molar-refractivity contribution in [2.24, 2.45) is 0 Å². The zero-order valence-corrected chi connectivity index (χ0v) is 15.7. The van der Waals surface area contributed by atoms with E-state index in [0.29, 0.717) is 0 Å². The summed E-state index contributed by atoms with van der Waals surface area (Å²) in [6, 6.07) is 6.68. The van der Waals surface area contributed by atoms with Crippen molar-refractivity contribution in [3.05, 3.63) is 41.7 Å². The largest absolute Gasteiger partial charge is 0.495 e. The molecule has 25 heavy (non-hydrogen) atoms. The van der Waals surface area contributed by atoms with Crippen LogP contribution in [0, 0.1) is 0 Å². The van der Waals surface area contributed by atoms with E-state index >= 15 is 0 Å². The van der Waals surface area contributed by atoms with Crippen LogP contribution in [-0.4, -0.2) is 34.7 Å². The summed E-state index contributed by atoms with van der Waals surface area (Å²) >= 11 is 5.74. The minimum Gasteiger partial charge on any atom is -0.495 e. The molecule has 2 N–H and O–H groups in total. The van der Waals surface area contributed by atoms with Gasteiger partial charge in [0.2, 0.25) is 10.0 Å². The van der Waals surface area contributed by atoms with Crippen molar-refractivity contribution in [1.29, 1.82) is 0 Å². The van der Waals surface area contributed by atoms with E-state index in [9.17, 15) is 16.8 Å². The molecule has 0 aliphatic heterocycles. The maximum Gasteiger partial charge on any atom is 0.265 e. The van der Waals surface area contributed by atoms with Gasteiger partial charge < -0.3 is 4.74 Å². The van der Waals surface area contributed by atoms with E-state index in [1.807, 2.05) is 0 Å². The summed E-state index contributed by atoms with van der Waals surface area (Å²) in [6.45, 7) is 1.49. The molecular formula is C14H16ClN3O5S2. The molecule has 0 amide bonds. The Morgan fingerprint density at radius 2 is 1.76 bits per heavy atom. The van der Waals surface area contributed by atoms with Crippen molar-refractivity contribution >= 4 is 43.0 Å². The number of sulfonamides is 2. The quantitative estimate of drug-likeness (QED) is 0.683. The maximum atomic E-state index is 12.6. The molecule has 0 saturated carbocycles. The third kappa shape index (κ3) is 4.97. The van der Waals surface area contributed by atoms with Crippen LogP contribution in [0.15, 0.2) is 41.4 Å². The van der Waals surface area contributed by atoms with Gasteiger partial charge in [-0.05, 0) is 31.2 Å². The van der Waals surface area contributed by atoms with E-state index in [1.165, 1.54) is 50.6 Å². The first-order chi connectivity index (χ1) is 11.7. The van der Waals surface area contributed by atoms with Crippen molar-refractivity contribution in [2.45, 2.75) is 11.8 Å². The Morgan fingerprint density at radius 1 is 1.08 bits per heavy atom. The molecule has 0 unspecified atom stereocenters. The maximum absolute atomic E-state index is 12.6. The summed E-state index contributed by atoms with van der Waals surface area (Å²) in [7, 11) is -6.18. The highest BCUT2D eigenvalue weighted by atomic mass is 35.5. The molecule has 2 aromatic rings. The second-order valence-corrected chi connectivity index (χ2v) is 8.89. The zero-order chi connectivity index (χ0) is 18.7. The SMILES string of the molecule is CCS(=O)(=O)Nc1ccc(S(=O)(=O)Nc2ccnc(Cl)c2)c(OC)c1. The van der Waals surface area contributed by atoms with Crippen molar-refractivity contribution in [2.75, 3.05) is 22.3 Å². The minimum atomic E-state index is -3.98. The molecule has 0 bridgehead atoms. The molecule has 8 nitrogen and oxygen atoms in total. The van der Waals surface area contributed by atoms with Crippen LogP contribution in [0.5, 0.6) is 5.75 Å². The topological polar surface area (TPSA) is 114 Å². The Kier molecular flexibility index (Phi) is 5.76. The Hall–Kier alpha value is -2.04. The monoisotopic (exact) mass is 405 g/mol. The van der Waals surface area contributed by atoms with Crippen LogP contribution >= 0.6 is 11.6 Å². The third-order valence-electron chi connectivity index (χ3n) is 3.09. The molecule has 11 heteroatoms. The summed E-state index contributed by atoms with van der Waals surface area (Å²) in [6.07, 6.45) is 1.36. The number of halogens is 1. The standard InChI is InChI=1S/C14H16ClN3O5S2/c1-3-24(19,20)17-10-4-5-13(12(8-10)23-2)25(21,22)18-11-6-7-16-14(15)9-11/h4-9,17H,3H2,1-2H3,(H,16,18). The highest BCUT2D eigenvalue weighted by Gasteiger charge is 2.21. The van der Waals surface area contributed by atoms with Gasteiger partial charge in [-0.3, -0.25) is 9.44 Å². The van der Waals surface area contributed by atoms with E-state index in [1.54, 1.807) is 0 Å². The van der Waals surface area contributed by atoms with Crippen LogP contribution in [0.1, 0.15) is 6.92 Å². The van der Waals surface area contributed by atoms with Crippen molar-refractivity contribution < 1.29 is 21.6 Å². The first kappa shape index (κ1) is 19.3. The van der Waals surface area contributed by atoms with Crippen molar-refractivity contribution in [3.8, 4) is 5.75 Å². The molecule has 1 aromatic carbocycles. The fourth-order valence-electron chi connectivity index (χ4n) is 1.88. The fourth-order valence-corrected chi connectivity index (χ4v) is 3.89. The van der Waals surface area contributed by atoms with Crippen LogP contribution in [0.4, 0.5) is 11.4 Å². The Morgan fingerprint density at radius 3 is 2.36 bits per heavy atom. The molecule has 1 aromatic heterocycles. The predicted molar refractivity (Wildman–Crippen MR) is 96.1 cm³/mol. The van der Waals surface area contributed by atoms with Crippen molar-refractivity contribution in [3.63, 3.8) is 0 Å². The highest BCUT2D eigenvalue weighted by Crippen LogP contribution is 2.29. The average molecular weight is 406 g/mol. The summed E-state index contributed by atoms with van der Waals surface area (Å²) in [5.41, 5.74) is 0.433. The average Bonchev–Trinajstić information content (AvgIpc) is 2.53. The van der Waals surface area contributed by atoms with Gasteiger partial charge >= 0.3 is 0 Å². The number of rotatable bonds is 7. The molecule has 2 rings (SSSR count). The molecule has 0 aliphatic rings. The lowest BCUT2D eigenvalue weighted by Crippen LogP contribution is -2.16. The second-order valence-electron chi connectivity index (χ2n) is 4.84. The number of anilines is 2. The van der Waals surface area contributed by atoms with E-state index in [-0.39, 0.29) is 32.9 Å². The number of pyridine rings is 1. The van der Waals surface area contributed by atoms with E-state index in [4.69, 9.17) is 16.3 Å². The Bertz CT molecular complexity index is 978. The number of benzene rings is 1. The summed E-state index contributed by atoms with van der Waals surface area (Å²) in [4.78, 5) is 3.62. The van der Waals surface area contributed by atoms with Gasteiger partial charge in [0.1, 0.15) is 15.8 Å². The number of nitrogens with zero attached hydrogens (tertiary/aromatic N) is 1. The third-order valence-corrected chi connectivity index (χ3v) is 6.02. The van der Waals surface area contributed by atoms with Gasteiger partial charge in [-0.15, -0.1) is 0 Å². The smallest absolute Gasteiger partial charge is 0.265 e.